The minimum Gasteiger partial charge on any atom is -0.230 e. The molecule has 1 nitrogen and oxygen atoms in total. The van der Waals surface area contributed by atoms with E-state index in [0.29, 0.717) is 5.75 Å². The minimum atomic E-state index is -1.22. The van der Waals surface area contributed by atoms with Crippen LogP contribution in [-0.2, 0) is 0 Å². The van der Waals surface area contributed by atoms with Crippen molar-refractivity contribution < 1.29 is 0 Å². The van der Waals surface area contributed by atoms with E-state index >= 15 is 0 Å². The average molecular weight is 299 g/mol. The molecule has 1 heterocycles. The van der Waals surface area contributed by atoms with Crippen molar-refractivity contribution in [2.45, 2.75) is 8.13 Å². The number of rotatable bonds is 2. The zero-order valence-corrected chi connectivity index (χ0v) is 11.3. The predicted octanol–water partition coefficient (Wildman–Crippen LogP) is 4.76. The Hall–Kier alpha value is 0.330. The van der Waals surface area contributed by atoms with Gasteiger partial charge in [0.05, 0.1) is 10.2 Å². The number of fused-ring (bicyclic) bond motifs is 1. The molecule has 0 aliphatic rings. The fourth-order valence-electron chi connectivity index (χ4n) is 1.06. The molecule has 2 rings (SSSR count). The van der Waals surface area contributed by atoms with Gasteiger partial charge >= 0.3 is 0 Å². The molecular weight excluding hydrogens is 293 g/mol. The van der Waals surface area contributed by atoms with E-state index in [-0.39, 0.29) is 0 Å². The van der Waals surface area contributed by atoms with Crippen LogP contribution in [0, 0.1) is 0 Å². The lowest BCUT2D eigenvalue weighted by Crippen LogP contribution is -2.04. The maximum atomic E-state index is 5.67. The quantitative estimate of drug-likeness (QED) is 0.586. The molecule has 0 aliphatic carbocycles. The van der Waals surface area contributed by atoms with Crippen LogP contribution in [0.2, 0.25) is 0 Å². The number of halogens is 3. The molecule has 0 radical (unpaired) electrons. The molecule has 0 saturated carbocycles. The summed E-state index contributed by atoms with van der Waals surface area (Å²) in [6.07, 6.45) is 0. The SMILES string of the molecule is ClC(Cl)(Cl)CSc1nc2ccccc2s1. The van der Waals surface area contributed by atoms with Gasteiger partial charge in [-0.1, -0.05) is 58.7 Å². The number of thioether (sulfide) groups is 1. The molecule has 80 valence electrons. The van der Waals surface area contributed by atoms with Crippen molar-refractivity contribution >= 4 is 68.1 Å². The van der Waals surface area contributed by atoms with Crippen LogP contribution in [0.25, 0.3) is 10.2 Å². The fourth-order valence-corrected chi connectivity index (χ4v) is 3.38. The predicted molar refractivity (Wildman–Crippen MR) is 70.6 cm³/mol. The summed E-state index contributed by atoms with van der Waals surface area (Å²) in [5, 5.41) is 0. The third-order valence-electron chi connectivity index (χ3n) is 1.63. The van der Waals surface area contributed by atoms with Crippen LogP contribution < -0.4 is 0 Å². The second-order valence-corrected chi connectivity index (χ2v) is 7.62. The van der Waals surface area contributed by atoms with Crippen molar-refractivity contribution in [1.29, 1.82) is 0 Å². The monoisotopic (exact) mass is 297 g/mol. The van der Waals surface area contributed by atoms with Crippen molar-refractivity contribution in [2.75, 3.05) is 5.75 Å². The van der Waals surface area contributed by atoms with E-state index in [2.05, 4.69) is 4.98 Å². The summed E-state index contributed by atoms with van der Waals surface area (Å²) in [7, 11) is 0. The molecule has 0 spiro atoms. The van der Waals surface area contributed by atoms with E-state index < -0.39 is 3.79 Å². The van der Waals surface area contributed by atoms with Crippen LogP contribution in [0.1, 0.15) is 0 Å². The van der Waals surface area contributed by atoms with E-state index in [1.165, 1.54) is 11.8 Å². The number of hydrogen-bond acceptors (Lipinski definition) is 3. The van der Waals surface area contributed by atoms with Gasteiger partial charge in [-0.2, -0.15) is 0 Å². The zero-order valence-electron chi connectivity index (χ0n) is 7.41. The highest BCUT2D eigenvalue weighted by Crippen LogP contribution is 2.36. The molecular formula is C9H6Cl3NS2. The van der Waals surface area contributed by atoms with Gasteiger partial charge in [0.15, 0.2) is 8.13 Å². The van der Waals surface area contributed by atoms with Crippen LogP contribution >= 0.6 is 57.9 Å². The normalized spacial score (nSPS) is 12.2. The summed E-state index contributed by atoms with van der Waals surface area (Å²) < 4.78 is 0.870. The maximum Gasteiger partial charge on any atom is 0.199 e. The Labute approximate surface area is 111 Å². The smallest absolute Gasteiger partial charge is 0.199 e. The van der Waals surface area contributed by atoms with Crippen molar-refractivity contribution in [1.82, 2.24) is 4.98 Å². The van der Waals surface area contributed by atoms with Gasteiger partial charge < -0.3 is 0 Å². The van der Waals surface area contributed by atoms with Gasteiger partial charge in [-0.3, -0.25) is 0 Å². The number of aromatic nitrogens is 1. The van der Waals surface area contributed by atoms with Crippen LogP contribution in [0.5, 0.6) is 0 Å². The number of benzene rings is 1. The number of para-hydroxylation sites is 1. The first-order valence-corrected chi connectivity index (χ1v) is 7.03. The Morgan fingerprint density at radius 2 is 2.00 bits per heavy atom. The van der Waals surface area contributed by atoms with Crippen LogP contribution in [0.4, 0.5) is 0 Å². The van der Waals surface area contributed by atoms with E-state index in [1.807, 2.05) is 24.3 Å². The Kier molecular flexibility index (Phi) is 3.68. The molecule has 0 atom stereocenters. The van der Waals surface area contributed by atoms with E-state index in [0.717, 1.165) is 14.6 Å². The van der Waals surface area contributed by atoms with Gasteiger partial charge in [-0.05, 0) is 12.1 Å². The summed E-state index contributed by atoms with van der Waals surface area (Å²) in [5.74, 6) is 0.414. The molecule has 0 fully saturated rings. The average Bonchev–Trinajstić information content (AvgIpc) is 2.56. The van der Waals surface area contributed by atoms with Gasteiger partial charge in [0, 0.05) is 5.75 Å². The molecule has 0 amide bonds. The summed E-state index contributed by atoms with van der Waals surface area (Å²) in [6, 6.07) is 7.97. The third-order valence-corrected chi connectivity index (χ3v) is 4.86. The topological polar surface area (TPSA) is 12.9 Å². The van der Waals surface area contributed by atoms with Gasteiger partial charge in [-0.15, -0.1) is 11.3 Å². The van der Waals surface area contributed by atoms with Gasteiger partial charge in [0.25, 0.3) is 0 Å². The van der Waals surface area contributed by atoms with Crippen molar-refractivity contribution in [3.05, 3.63) is 24.3 Å². The molecule has 0 saturated heterocycles. The molecule has 1 aromatic heterocycles. The lowest BCUT2D eigenvalue weighted by Gasteiger charge is -2.07. The Balaban J connectivity index is 2.16. The Morgan fingerprint density at radius 3 is 2.67 bits per heavy atom. The van der Waals surface area contributed by atoms with Gasteiger partial charge in [0.1, 0.15) is 0 Å². The fraction of sp³-hybridized carbons (Fsp3) is 0.222. The molecule has 2 aromatic rings. The molecule has 0 N–H and O–H groups in total. The molecule has 0 bridgehead atoms. The third kappa shape index (κ3) is 3.40. The van der Waals surface area contributed by atoms with Crippen molar-refractivity contribution in [3.8, 4) is 0 Å². The molecule has 6 heteroatoms. The Bertz CT molecular complexity index is 431. The summed E-state index contributed by atoms with van der Waals surface area (Å²) in [4.78, 5) is 4.42. The van der Waals surface area contributed by atoms with Gasteiger partial charge in [-0.25, -0.2) is 4.98 Å². The summed E-state index contributed by atoms with van der Waals surface area (Å²) in [6.45, 7) is 0. The number of alkyl halides is 3. The highest BCUT2D eigenvalue weighted by atomic mass is 35.6. The Morgan fingerprint density at radius 1 is 1.27 bits per heavy atom. The molecule has 15 heavy (non-hydrogen) atoms. The summed E-state index contributed by atoms with van der Waals surface area (Å²) in [5.41, 5.74) is 0.995. The second kappa shape index (κ2) is 4.68. The highest BCUT2D eigenvalue weighted by molar-refractivity contribution is 8.01. The first kappa shape index (κ1) is 11.8. The van der Waals surface area contributed by atoms with Crippen LogP contribution in [0.3, 0.4) is 0 Å². The standard InChI is InChI=1S/C9H6Cl3NS2/c10-9(11,12)5-14-8-13-6-3-1-2-4-7(6)15-8/h1-4H,5H2. The highest BCUT2D eigenvalue weighted by Gasteiger charge is 2.20. The van der Waals surface area contributed by atoms with E-state index in [9.17, 15) is 0 Å². The van der Waals surface area contributed by atoms with Crippen molar-refractivity contribution in [3.63, 3.8) is 0 Å². The molecule has 0 aliphatic heterocycles. The zero-order chi connectivity index (χ0) is 10.9. The molecule has 0 unspecified atom stereocenters. The largest absolute Gasteiger partial charge is 0.230 e. The number of thiazole rings is 1. The van der Waals surface area contributed by atoms with Crippen LogP contribution in [0.15, 0.2) is 28.6 Å². The summed E-state index contributed by atoms with van der Waals surface area (Å²) >= 11 is 20.1. The lowest BCUT2D eigenvalue weighted by molar-refractivity contribution is 1.25. The maximum absolute atomic E-state index is 5.67. The van der Waals surface area contributed by atoms with E-state index in [4.69, 9.17) is 34.8 Å². The number of hydrogen-bond donors (Lipinski definition) is 0. The minimum absolute atomic E-state index is 0.414. The lowest BCUT2D eigenvalue weighted by atomic mass is 10.3. The van der Waals surface area contributed by atoms with Gasteiger partial charge in [0.2, 0.25) is 0 Å². The van der Waals surface area contributed by atoms with Crippen LogP contribution in [-0.4, -0.2) is 14.5 Å². The number of nitrogens with zero attached hydrogens (tertiary/aromatic N) is 1. The first-order valence-electron chi connectivity index (χ1n) is 4.10. The van der Waals surface area contributed by atoms with Crippen molar-refractivity contribution in [2.24, 2.45) is 0 Å². The first-order chi connectivity index (χ1) is 7.04. The molecule has 1 aromatic carbocycles. The van der Waals surface area contributed by atoms with E-state index in [1.54, 1.807) is 11.3 Å². The second-order valence-electron chi connectivity index (χ2n) is 2.85.